The summed E-state index contributed by atoms with van der Waals surface area (Å²) in [6.07, 6.45) is 8.22. The number of fused-ring (bicyclic) bond motifs is 2. The molecule has 11 nitrogen and oxygen atoms in total. The molecule has 13 heteroatoms. The number of aryl methyl sites for hydroxylation is 2. The highest BCUT2D eigenvalue weighted by Crippen LogP contribution is 2.60. The van der Waals surface area contributed by atoms with E-state index in [4.69, 9.17) is 0 Å². The number of likely N-dealkylation sites (tertiary alicyclic amines) is 2. The molecule has 250 valence electrons. The summed E-state index contributed by atoms with van der Waals surface area (Å²) >= 11 is 3.39. The minimum Gasteiger partial charge on any atom is -0.325 e. The summed E-state index contributed by atoms with van der Waals surface area (Å²) in [5.41, 5.74) is 2.81. The van der Waals surface area contributed by atoms with E-state index in [1.165, 1.54) is 18.0 Å². The van der Waals surface area contributed by atoms with Crippen LogP contribution in [0.4, 0.5) is 10.2 Å². The largest absolute Gasteiger partial charge is 0.325 e. The van der Waals surface area contributed by atoms with Gasteiger partial charge in [0.1, 0.15) is 41.2 Å². The average Bonchev–Trinajstić information content (AvgIpc) is 3.46. The number of carbonyl (C=O) groups excluding carboxylic acids is 3. The van der Waals surface area contributed by atoms with Gasteiger partial charge in [0, 0.05) is 53.8 Å². The SMILES string of the molecule is CC(=O)c1nn(CC(=O)N2C3C[C@]3(CN3CCCCC3)C[C@H]2C(=O)Nc2nc(Br)ccc2C)c2c(CF)cc(-c3cnc(C)nc3)cc12. The van der Waals surface area contributed by atoms with Gasteiger partial charge >= 0.3 is 0 Å². The highest BCUT2D eigenvalue weighted by Gasteiger charge is 2.67. The van der Waals surface area contributed by atoms with E-state index in [1.807, 2.05) is 19.1 Å². The summed E-state index contributed by atoms with van der Waals surface area (Å²) in [6.45, 7) is 6.88. The lowest BCUT2D eigenvalue weighted by Gasteiger charge is -2.30. The van der Waals surface area contributed by atoms with Crippen LogP contribution in [0.15, 0.2) is 41.3 Å². The Hall–Kier alpha value is -4.10. The Morgan fingerprint density at radius 2 is 1.79 bits per heavy atom. The summed E-state index contributed by atoms with van der Waals surface area (Å²) in [4.78, 5) is 58.3. The van der Waals surface area contributed by atoms with E-state index in [2.05, 4.69) is 46.2 Å². The Bertz CT molecular complexity index is 1930. The molecular weight excluding hydrogens is 679 g/mol. The summed E-state index contributed by atoms with van der Waals surface area (Å²) in [5.74, 6) is 0.169. The number of hydrogen-bond donors (Lipinski definition) is 1. The van der Waals surface area contributed by atoms with Crippen molar-refractivity contribution in [3.05, 3.63) is 63.9 Å². The number of amides is 2. The third-order valence-electron chi connectivity index (χ3n) is 10.1. The number of hydrogen-bond acceptors (Lipinski definition) is 8. The van der Waals surface area contributed by atoms with E-state index < -0.39 is 12.7 Å². The molecule has 3 atom stereocenters. The van der Waals surface area contributed by atoms with Crippen LogP contribution in [-0.4, -0.2) is 83.8 Å². The van der Waals surface area contributed by atoms with Gasteiger partial charge in [0.05, 0.1) is 5.52 Å². The maximum atomic E-state index is 14.7. The van der Waals surface area contributed by atoms with Crippen molar-refractivity contribution in [1.82, 2.24) is 34.5 Å². The van der Waals surface area contributed by atoms with Gasteiger partial charge < -0.3 is 15.1 Å². The van der Waals surface area contributed by atoms with Gasteiger partial charge in [-0.25, -0.2) is 19.3 Å². The van der Waals surface area contributed by atoms with Crippen LogP contribution in [0.1, 0.15) is 66.5 Å². The fraction of sp³-hybridized carbons (Fsp3) is 0.457. The van der Waals surface area contributed by atoms with E-state index in [0.717, 1.165) is 44.5 Å². The molecule has 4 aromatic rings. The molecule has 1 aromatic carbocycles. The molecular formula is C35H38BrFN8O3. The molecule has 2 aliphatic heterocycles. The quantitative estimate of drug-likeness (QED) is 0.180. The summed E-state index contributed by atoms with van der Waals surface area (Å²) < 4.78 is 16.7. The zero-order chi connectivity index (χ0) is 33.7. The first-order valence-electron chi connectivity index (χ1n) is 16.4. The monoisotopic (exact) mass is 716 g/mol. The Kier molecular flexibility index (Phi) is 8.61. The predicted octanol–water partition coefficient (Wildman–Crippen LogP) is 5.42. The first-order valence-corrected chi connectivity index (χ1v) is 17.2. The van der Waals surface area contributed by atoms with Gasteiger partial charge in [0.15, 0.2) is 5.78 Å². The summed E-state index contributed by atoms with van der Waals surface area (Å²) in [5, 5.41) is 8.00. The number of aromatic nitrogens is 5. The van der Waals surface area contributed by atoms with E-state index in [9.17, 15) is 18.8 Å². The predicted molar refractivity (Wildman–Crippen MR) is 182 cm³/mol. The van der Waals surface area contributed by atoms with Gasteiger partial charge in [-0.3, -0.25) is 19.1 Å². The number of piperidine rings is 2. The molecule has 48 heavy (non-hydrogen) atoms. The van der Waals surface area contributed by atoms with Crippen molar-refractivity contribution in [2.75, 3.05) is 25.0 Å². The van der Waals surface area contributed by atoms with Crippen LogP contribution >= 0.6 is 15.9 Å². The molecule has 1 unspecified atom stereocenters. The van der Waals surface area contributed by atoms with Crippen molar-refractivity contribution >= 4 is 50.2 Å². The number of rotatable bonds is 9. The second-order valence-electron chi connectivity index (χ2n) is 13.5. The maximum absolute atomic E-state index is 14.7. The molecule has 0 radical (unpaired) electrons. The topological polar surface area (TPSA) is 126 Å². The van der Waals surface area contributed by atoms with Gasteiger partial charge in [-0.05, 0) is 97.9 Å². The second kappa shape index (κ2) is 12.7. The molecule has 3 fully saturated rings. The van der Waals surface area contributed by atoms with Crippen molar-refractivity contribution in [1.29, 1.82) is 0 Å². The number of anilines is 1. The number of nitrogens with zero attached hydrogens (tertiary/aromatic N) is 7. The van der Waals surface area contributed by atoms with E-state index in [0.29, 0.717) is 50.3 Å². The molecule has 7 rings (SSSR count). The highest BCUT2D eigenvalue weighted by atomic mass is 79.9. The number of halogens is 2. The lowest BCUT2D eigenvalue weighted by atomic mass is 9.97. The highest BCUT2D eigenvalue weighted by molar-refractivity contribution is 9.10. The fourth-order valence-electron chi connectivity index (χ4n) is 7.63. The second-order valence-corrected chi connectivity index (χ2v) is 14.3. The number of carbonyl (C=O) groups is 3. The molecule has 1 saturated carbocycles. The zero-order valence-electron chi connectivity index (χ0n) is 27.3. The maximum Gasteiger partial charge on any atom is 0.248 e. The van der Waals surface area contributed by atoms with Crippen molar-refractivity contribution in [2.45, 2.75) is 78.2 Å². The average molecular weight is 718 g/mol. The first-order chi connectivity index (χ1) is 23.1. The normalized spacial score (nSPS) is 22.1. The lowest BCUT2D eigenvalue weighted by Crippen LogP contribution is -2.47. The van der Waals surface area contributed by atoms with E-state index in [-0.39, 0.29) is 41.3 Å². The lowest BCUT2D eigenvalue weighted by molar-refractivity contribution is -0.138. The molecule has 2 amide bonds. The zero-order valence-corrected chi connectivity index (χ0v) is 28.9. The van der Waals surface area contributed by atoms with Crippen LogP contribution in [0, 0.1) is 19.3 Å². The fourth-order valence-corrected chi connectivity index (χ4v) is 7.94. The van der Waals surface area contributed by atoms with Gasteiger partial charge in [-0.2, -0.15) is 5.10 Å². The van der Waals surface area contributed by atoms with Crippen molar-refractivity contribution < 1.29 is 18.8 Å². The first kappa shape index (κ1) is 32.4. The third kappa shape index (κ3) is 6.02. The summed E-state index contributed by atoms with van der Waals surface area (Å²) in [6, 6.07) is 6.34. The van der Waals surface area contributed by atoms with Gasteiger partial charge in [0.2, 0.25) is 11.8 Å². The van der Waals surface area contributed by atoms with Crippen LogP contribution in [0.25, 0.3) is 22.0 Å². The Labute approximate surface area is 286 Å². The smallest absolute Gasteiger partial charge is 0.248 e. The van der Waals surface area contributed by atoms with Crippen LogP contribution in [-0.2, 0) is 22.8 Å². The Balaban J connectivity index is 1.22. The molecule has 0 spiro atoms. The van der Waals surface area contributed by atoms with Crippen LogP contribution in [0.3, 0.4) is 0 Å². The van der Waals surface area contributed by atoms with E-state index in [1.54, 1.807) is 36.4 Å². The van der Waals surface area contributed by atoms with Crippen molar-refractivity contribution in [3.63, 3.8) is 0 Å². The minimum atomic E-state index is -0.830. The Morgan fingerprint density at radius 3 is 2.50 bits per heavy atom. The van der Waals surface area contributed by atoms with E-state index >= 15 is 0 Å². The Morgan fingerprint density at radius 1 is 1.04 bits per heavy atom. The van der Waals surface area contributed by atoms with Gasteiger partial charge in [-0.15, -0.1) is 0 Å². The molecule has 1 N–H and O–H groups in total. The number of alkyl halides is 1. The molecule has 3 aliphatic rings. The molecule has 5 heterocycles. The van der Waals surface area contributed by atoms with Gasteiger partial charge in [-0.1, -0.05) is 12.5 Å². The number of nitrogens with one attached hydrogen (secondary N) is 1. The molecule has 0 bridgehead atoms. The standard InChI is InChI=1S/C35H38BrFN8O3/c1-20-7-8-29(36)40-33(20)41-34(48)27-13-35(19-43-9-5-4-6-10-43)14-28(35)45(27)30(47)18-44-32-24(15-37)11-23(25-16-38-22(3)39-17-25)12-26(32)31(42-44)21(2)46/h7-8,11-12,16-17,27-28H,4-6,9-10,13-15,18-19H2,1-3H3,(H,40,41,48)/t27-,28?,35-/m0/s1. The number of Topliss-reactive ketones (excluding diaryl/α,β-unsaturated/α-hetero) is 1. The molecule has 1 aliphatic carbocycles. The summed E-state index contributed by atoms with van der Waals surface area (Å²) in [7, 11) is 0. The van der Waals surface area contributed by atoms with Crippen molar-refractivity contribution in [3.8, 4) is 11.1 Å². The van der Waals surface area contributed by atoms with Crippen LogP contribution < -0.4 is 5.32 Å². The molecule has 3 aromatic heterocycles. The number of benzene rings is 1. The minimum absolute atomic E-state index is 0.0952. The third-order valence-corrected chi connectivity index (χ3v) is 10.5. The molecule has 2 saturated heterocycles. The number of ketones is 1. The van der Waals surface area contributed by atoms with Crippen molar-refractivity contribution in [2.24, 2.45) is 5.41 Å². The van der Waals surface area contributed by atoms with Gasteiger partial charge in [0.25, 0.3) is 0 Å². The number of pyridine rings is 1. The van der Waals surface area contributed by atoms with Crippen LogP contribution in [0.2, 0.25) is 0 Å². The van der Waals surface area contributed by atoms with Crippen LogP contribution in [0.5, 0.6) is 0 Å².